The second-order valence-corrected chi connectivity index (χ2v) is 16.5. The first-order chi connectivity index (χ1) is 20.2. The fraction of sp³-hybridized carbons (Fsp3) is 0.486. The molecule has 0 bridgehead atoms. The van der Waals surface area contributed by atoms with Crippen LogP contribution in [0, 0.1) is 0 Å². The summed E-state index contributed by atoms with van der Waals surface area (Å²) >= 11 is 8.43. The van der Waals surface area contributed by atoms with E-state index in [4.69, 9.17) is 12.2 Å². The Balaban J connectivity index is 0.00000267. The van der Waals surface area contributed by atoms with Crippen molar-refractivity contribution in [1.82, 2.24) is 9.48 Å². The summed E-state index contributed by atoms with van der Waals surface area (Å²) in [6, 6.07) is 10.1. The number of hydrogen-bond donors (Lipinski definition) is 0. The van der Waals surface area contributed by atoms with Crippen LogP contribution in [0.5, 0.6) is 0 Å². The summed E-state index contributed by atoms with van der Waals surface area (Å²) in [7, 11) is 0. The average molecular weight is 679 g/mol. The van der Waals surface area contributed by atoms with E-state index in [0.29, 0.717) is 15.0 Å². The largest absolute Gasteiger partial charge is 1.00 e. The fourth-order valence-corrected chi connectivity index (χ4v) is 13.0. The van der Waals surface area contributed by atoms with Gasteiger partial charge in [-0.3, -0.25) is 0 Å². The van der Waals surface area contributed by atoms with Gasteiger partial charge in [-0.05, 0) is 0 Å². The normalized spacial score (nSPS) is 20.3. The molecule has 218 valence electrons. The maximum Gasteiger partial charge on any atom is -1.00 e. The second kappa shape index (κ2) is 11.0. The van der Waals surface area contributed by atoms with Gasteiger partial charge < -0.3 is 12.4 Å². The molecule has 1 saturated heterocycles. The van der Waals surface area contributed by atoms with Crippen LogP contribution in [0.25, 0.3) is 5.57 Å². The molecule has 0 radical (unpaired) electrons. The molecule has 3 nitrogen and oxygen atoms in total. The molecule has 0 spiro atoms. The third-order valence-corrected chi connectivity index (χ3v) is 14.9. The van der Waals surface area contributed by atoms with Crippen LogP contribution in [0.4, 0.5) is 5.69 Å². The molecular weight excluding hydrogens is 641 g/mol. The number of anilines is 1. The Morgan fingerprint density at radius 2 is 1.55 bits per heavy atom. The van der Waals surface area contributed by atoms with E-state index in [1.807, 2.05) is 11.3 Å². The Bertz CT molecular complexity index is 1750. The number of rotatable bonds is 2. The molecular formula is C35H38ClN3S2Se. The Morgan fingerprint density at radius 3 is 2.40 bits per heavy atom. The number of fused-ring (bicyclic) bond motifs is 4. The smallest absolute Gasteiger partial charge is 1.00 e. The van der Waals surface area contributed by atoms with E-state index >= 15 is 0 Å². The van der Waals surface area contributed by atoms with Crippen molar-refractivity contribution >= 4 is 63.7 Å². The molecule has 9 rings (SSSR count). The van der Waals surface area contributed by atoms with Crippen molar-refractivity contribution in [3.05, 3.63) is 72.4 Å². The molecule has 0 saturated carbocycles. The number of piperidine rings is 1. The van der Waals surface area contributed by atoms with E-state index in [0.717, 1.165) is 18.1 Å². The van der Waals surface area contributed by atoms with E-state index in [2.05, 4.69) is 38.6 Å². The number of hydrogen-bond acceptors (Lipinski definition) is 3. The van der Waals surface area contributed by atoms with Gasteiger partial charge in [0.1, 0.15) is 0 Å². The maximum absolute atomic E-state index is 6.11. The van der Waals surface area contributed by atoms with E-state index in [1.165, 1.54) is 112 Å². The number of halogens is 1. The maximum atomic E-state index is 6.11. The predicted octanol–water partition coefficient (Wildman–Crippen LogP) is 0.212. The molecule has 0 amide bonds. The van der Waals surface area contributed by atoms with Crippen LogP contribution in [0.2, 0.25) is 0 Å². The molecule has 2 aromatic carbocycles. The summed E-state index contributed by atoms with van der Waals surface area (Å²) in [5.74, 6) is 0. The third-order valence-electron chi connectivity index (χ3n) is 10.4. The van der Waals surface area contributed by atoms with Crippen LogP contribution in [-0.2, 0) is 25.7 Å². The van der Waals surface area contributed by atoms with Gasteiger partial charge in [0, 0.05) is 0 Å². The number of thiophene rings is 1. The van der Waals surface area contributed by atoms with Crippen LogP contribution < -0.4 is 41.4 Å². The minimum atomic E-state index is 0. The first-order valence-corrected chi connectivity index (χ1v) is 19.0. The van der Waals surface area contributed by atoms with Gasteiger partial charge >= 0.3 is 260 Å². The van der Waals surface area contributed by atoms with Crippen LogP contribution in [0.15, 0.2) is 24.3 Å². The van der Waals surface area contributed by atoms with Gasteiger partial charge in [0.15, 0.2) is 0 Å². The summed E-state index contributed by atoms with van der Waals surface area (Å²) in [4.78, 5) is 9.01. The van der Waals surface area contributed by atoms with E-state index < -0.39 is 0 Å². The summed E-state index contributed by atoms with van der Waals surface area (Å²) < 4.78 is 6.16. The second-order valence-electron chi connectivity index (χ2n) is 12.9. The Hall–Kier alpha value is -1.69. The van der Waals surface area contributed by atoms with E-state index in [1.54, 1.807) is 53.0 Å². The van der Waals surface area contributed by atoms with Gasteiger partial charge in [0.25, 0.3) is 0 Å². The van der Waals surface area contributed by atoms with E-state index in [9.17, 15) is 0 Å². The van der Waals surface area contributed by atoms with Crippen molar-refractivity contribution < 1.29 is 12.4 Å². The number of thiocarbonyl (C=S) groups is 1. The average Bonchev–Trinajstić information content (AvgIpc) is 3.51. The van der Waals surface area contributed by atoms with Crippen LogP contribution >= 0.6 is 23.6 Å². The van der Waals surface area contributed by atoms with Crippen LogP contribution in [-0.4, -0.2) is 64.1 Å². The van der Waals surface area contributed by atoms with Crippen molar-refractivity contribution in [3.8, 4) is 0 Å². The Kier molecular flexibility index (Phi) is 7.31. The van der Waals surface area contributed by atoms with Gasteiger partial charge in [-0.25, -0.2) is 0 Å². The molecule has 0 aliphatic carbocycles. The molecule has 1 fully saturated rings. The quantitative estimate of drug-likeness (QED) is 0.171. The summed E-state index contributed by atoms with van der Waals surface area (Å²) in [6.45, 7) is 7.22. The molecule has 6 aliphatic heterocycles. The number of nitrogens with zero attached hydrogens (tertiary/aromatic N) is 3. The molecule has 6 aliphatic rings. The topological polar surface area (TPSA) is 9.49 Å². The molecule has 7 heteroatoms. The summed E-state index contributed by atoms with van der Waals surface area (Å²) in [6.07, 6.45) is 14.1. The standard InChI is InChI=1S/C35H38N3S2Se.ClH/c39-35(38-14-2-1-3-15-38)29-13-12-28(40-29)30-26-20-22-8-4-16-36-18-6-10-24(31(22)36)33(26)41-34-25-11-7-19-37-17-5-9-23(32(25)37)21-27(30)34;/h12-13,20-21H,1-11,14-19H2;1H/q+1;/p-1. The molecule has 0 atom stereocenters. The molecule has 0 N–H and O–H groups in total. The zero-order valence-electron chi connectivity index (χ0n) is 24.3. The minimum Gasteiger partial charge on any atom is -1.00 e. The van der Waals surface area contributed by atoms with Crippen molar-refractivity contribution in [2.45, 2.75) is 70.6 Å². The van der Waals surface area contributed by atoms with Crippen molar-refractivity contribution in [3.63, 3.8) is 0 Å². The third kappa shape index (κ3) is 4.30. The predicted molar refractivity (Wildman–Crippen MR) is 177 cm³/mol. The molecule has 3 aromatic rings. The van der Waals surface area contributed by atoms with Crippen molar-refractivity contribution in [1.29, 1.82) is 0 Å². The molecule has 0 unspecified atom stereocenters. The van der Waals surface area contributed by atoms with Crippen LogP contribution in [0.3, 0.4) is 0 Å². The molecule has 1 aromatic heterocycles. The number of benzene rings is 2. The fourth-order valence-electron chi connectivity index (χ4n) is 8.62. The van der Waals surface area contributed by atoms with Crippen LogP contribution in [0.1, 0.15) is 82.5 Å². The molecule has 42 heavy (non-hydrogen) atoms. The SMILES string of the molecule is S=C(c1ccc(C2=c3cc4c5c(c3[Se]c3c2cc2c6c3CCCN6CCC2)CCC[N+]=5CCC4)s1)N1CCCCC1.[Cl-]. The van der Waals surface area contributed by atoms with Crippen molar-refractivity contribution in [2.24, 2.45) is 0 Å². The number of likely N-dealkylation sites (tertiary alicyclic amines) is 1. The number of aryl methyl sites for hydroxylation is 2. The summed E-state index contributed by atoms with van der Waals surface area (Å²) in [5.41, 5.74) is 11.4. The first kappa shape index (κ1) is 27.8. The van der Waals surface area contributed by atoms with Gasteiger partial charge in [0.05, 0.1) is 0 Å². The monoisotopic (exact) mass is 679 g/mol. The van der Waals surface area contributed by atoms with Gasteiger partial charge in [-0.15, -0.1) is 0 Å². The minimum absolute atomic E-state index is 0. The van der Waals surface area contributed by atoms with Gasteiger partial charge in [0.2, 0.25) is 0 Å². The van der Waals surface area contributed by atoms with Crippen molar-refractivity contribution in [2.75, 3.05) is 44.2 Å². The first-order valence-electron chi connectivity index (χ1n) is 16.1. The van der Waals surface area contributed by atoms with Gasteiger partial charge in [-0.2, -0.15) is 0 Å². The van der Waals surface area contributed by atoms with Gasteiger partial charge in [-0.1, -0.05) is 0 Å². The zero-order valence-corrected chi connectivity index (χ0v) is 28.4. The molecule has 7 heterocycles. The Morgan fingerprint density at radius 1 is 0.786 bits per heavy atom. The summed E-state index contributed by atoms with van der Waals surface area (Å²) in [5, 5.41) is 3.21. The zero-order chi connectivity index (χ0) is 27.1. The van der Waals surface area contributed by atoms with E-state index in [-0.39, 0.29) is 12.4 Å². The Labute approximate surface area is 271 Å².